The zero-order valence-electron chi connectivity index (χ0n) is 21.8. The molecule has 4 aromatic rings. The van der Waals surface area contributed by atoms with Crippen LogP contribution in [0.3, 0.4) is 0 Å². The number of nitrogens with zero attached hydrogens (tertiary/aromatic N) is 3. The summed E-state index contributed by atoms with van der Waals surface area (Å²) in [4.78, 5) is 23.1. The molecule has 0 fully saturated rings. The van der Waals surface area contributed by atoms with Gasteiger partial charge in [0.25, 0.3) is 21.6 Å². The number of anilines is 1. The van der Waals surface area contributed by atoms with Gasteiger partial charge in [0.2, 0.25) is 0 Å². The maximum atomic E-state index is 13.4. The van der Waals surface area contributed by atoms with Crippen LogP contribution in [0.5, 0.6) is 5.75 Å². The molecule has 12 heteroatoms. The lowest BCUT2D eigenvalue weighted by atomic mass is 10.2. The van der Waals surface area contributed by atoms with Crippen LogP contribution in [-0.2, 0) is 21.4 Å². The summed E-state index contributed by atoms with van der Waals surface area (Å²) in [6.07, 6.45) is 1.41. The molecule has 0 radical (unpaired) electrons. The van der Waals surface area contributed by atoms with Gasteiger partial charge in [-0.1, -0.05) is 35.9 Å². The van der Waals surface area contributed by atoms with Gasteiger partial charge >= 0.3 is 0 Å². The van der Waals surface area contributed by atoms with E-state index in [4.69, 9.17) is 16.3 Å². The summed E-state index contributed by atoms with van der Waals surface area (Å²) in [5.41, 5.74) is 4.82. The highest BCUT2D eigenvalue weighted by Crippen LogP contribution is 2.28. The molecule has 1 N–H and O–H groups in total. The summed E-state index contributed by atoms with van der Waals surface area (Å²) in [5.74, 6) is -0.0800. The highest BCUT2D eigenvalue weighted by molar-refractivity contribution is 7.92. The number of benzene rings is 4. The van der Waals surface area contributed by atoms with Crippen molar-refractivity contribution in [2.24, 2.45) is 5.10 Å². The Morgan fingerprint density at radius 1 is 1.02 bits per heavy atom. The average molecular weight is 593 g/mol. The molecular weight excluding hydrogens is 568 g/mol. The maximum Gasteiger partial charge on any atom is 0.269 e. The number of non-ortho nitro benzene ring substituents is 1. The van der Waals surface area contributed by atoms with E-state index in [-0.39, 0.29) is 22.9 Å². The van der Waals surface area contributed by atoms with Gasteiger partial charge in [0, 0.05) is 17.2 Å². The summed E-state index contributed by atoms with van der Waals surface area (Å²) in [6.45, 7) is 1.50. The van der Waals surface area contributed by atoms with E-state index in [0.717, 1.165) is 15.4 Å². The van der Waals surface area contributed by atoms with Crippen molar-refractivity contribution >= 4 is 45.1 Å². The molecule has 10 nitrogen and oxygen atoms in total. The number of hydrogen-bond donors (Lipinski definition) is 1. The molecule has 0 heterocycles. The number of ether oxygens (including phenoxy) is 1. The Kier molecular flexibility index (Phi) is 9.33. The first kappa shape index (κ1) is 29.2. The number of hydrazone groups is 1. The molecule has 0 spiro atoms. The van der Waals surface area contributed by atoms with Crippen LogP contribution in [0.25, 0.3) is 0 Å². The SMILES string of the molecule is Cc1ccc(N(CC(=O)N/N=C\c2ccc(OCc3ccc([N+](=O)[O-])cc3)cc2)S(=O)(=O)c2ccccc2)cc1Cl. The standard InChI is InChI=1S/C29H25ClN4O6S/c1-21-7-12-25(17-28(21)30)33(41(38,39)27-5-3-2-4-6-27)19-29(35)32-31-18-22-10-15-26(16-11-22)40-20-23-8-13-24(14-9-23)34(36)37/h2-18H,19-20H2,1H3,(H,32,35)/b31-18-. The second-order valence-corrected chi connectivity index (χ2v) is 11.1. The van der Waals surface area contributed by atoms with E-state index in [1.807, 2.05) is 0 Å². The molecule has 1 amide bonds. The number of nitrogens with one attached hydrogen (secondary N) is 1. The van der Waals surface area contributed by atoms with Crippen LogP contribution in [0.4, 0.5) is 11.4 Å². The van der Waals surface area contributed by atoms with E-state index >= 15 is 0 Å². The third kappa shape index (κ3) is 7.68. The molecule has 210 valence electrons. The van der Waals surface area contributed by atoms with Gasteiger partial charge in [0.15, 0.2) is 0 Å². The molecular formula is C29H25ClN4O6S. The summed E-state index contributed by atoms with van der Waals surface area (Å²) in [6, 6.07) is 25.5. The summed E-state index contributed by atoms with van der Waals surface area (Å²) < 4.78 is 33.5. The fraction of sp³-hybridized carbons (Fsp3) is 0.103. The van der Waals surface area contributed by atoms with E-state index in [2.05, 4.69) is 10.5 Å². The van der Waals surface area contributed by atoms with Gasteiger partial charge < -0.3 is 4.74 Å². The molecule has 0 saturated heterocycles. The fourth-order valence-corrected chi connectivity index (χ4v) is 5.26. The van der Waals surface area contributed by atoms with Gasteiger partial charge in [0.05, 0.1) is 21.7 Å². The van der Waals surface area contributed by atoms with Crippen molar-refractivity contribution < 1.29 is 22.9 Å². The third-order valence-corrected chi connectivity index (χ3v) is 8.09. The summed E-state index contributed by atoms with van der Waals surface area (Å²) in [7, 11) is -4.07. The number of carbonyl (C=O) groups excluding carboxylic acids is 1. The number of aryl methyl sites for hydroxylation is 1. The first-order valence-corrected chi connectivity index (χ1v) is 14.1. The van der Waals surface area contributed by atoms with Gasteiger partial charge in [-0.15, -0.1) is 0 Å². The molecule has 41 heavy (non-hydrogen) atoms. The predicted octanol–water partition coefficient (Wildman–Crippen LogP) is 5.48. The smallest absolute Gasteiger partial charge is 0.269 e. The summed E-state index contributed by atoms with van der Waals surface area (Å²) >= 11 is 6.24. The van der Waals surface area contributed by atoms with E-state index < -0.39 is 27.4 Å². The van der Waals surface area contributed by atoms with Gasteiger partial charge in [0.1, 0.15) is 18.9 Å². The number of hydrogen-bond acceptors (Lipinski definition) is 7. The van der Waals surface area contributed by atoms with E-state index in [9.17, 15) is 23.3 Å². The first-order chi connectivity index (χ1) is 19.6. The number of sulfonamides is 1. The van der Waals surface area contributed by atoms with Gasteiger partial charge in [-0.2, -0.15) is 5.10 Å². The highest BCUT2D eigenvalue weighted by atomic mass is 35.5. The second kappa shape index (κ2) is 13.1. The second-order valence-electron chi connectivity index (χ2n) is 8.83. The Hall–Kier alpha value is -4.74. The van der Waals surface area contributed by atoms with Crippen LogP contribution in [-0.4, -0.2) is 32.0 Å². The maximum absolute atomic E-state index is 13.4. The van der Waals surface area contributed by atoms with Gasteiger partial charge in [-0.25, -0.2) is 13.8 Å². The number of rotatable bonds is 11. The first-order valence-electron chi connectivity index (χ1n) is 12.3. The number of amides is 1. The lowest BCUT2D eigenvalue weighted by molar-refractivity contribution is -0.384. The Morgan fingerprint density at radius 3 is 2.34 bits per heavy atom. The van der Waals surface area contributed by atoms with Crippen molar-refractivity contribution in [3.05, 3.63) is 129 Å². The lowest BCUT2D eigenvalue weighted by Crippen LogP contribution is -2.39. The van der Waals surface area contributed by atoms with Crippen LogP contribution in [0, 0.1) is 17.0 Å². The molecule has 0 aromatic heterocycles. The quantitative estimate of drug-likeness (QED) is 0.139. The van der Waals surface area contributed by atoms with E-state index in [0.29, 0.717) is 16.3 Å². The van der Waals surface area contributed by atoms with E-state index in [1.54, 1.807) is 73.7 Å². The highest BCUT2D eigenvalue weighted by Gasteiger charge is 2.27. The molecule has 0 saturated carbocycles. The Bertz CT molecular complexity index is 1660. The van der Waals surface area contributed by atoms with Crippen molar-refractivity contribution in [3.63, 3.8) is 0 Å². The predicted molar refractivity (Wildman–Crippen MR) is 157 cm³/mol. The molecule has 4 aromatic carbocycles. The Morgan fingerprint density at radius 2 is 1.71 bits per heavy atom. The third-order valence-electron chi connectivity index (χ3n) is 5.90. The van der Waals surface area contributed by atoms with E-state index in [1.165, 1.54) is 36.5 Å². The van der Waals surface area contributed by atoms with Crippen LogP contribution in [0.2, 0.25) is 5.02 Å². The number of nitro groups is 1. The normalized spacial score (nSPS) is 11.3. The molecule has 0 aliphatic carbocycles. The largest absolute Gasteiger partial charge is 0.489 e. The van der Waals surface area contributed by atoms with Crippen LogP contribution >= 0.6 is 11.6 Å². The van der Waals surface area contributed by atoms with Crippen LogP contribution in [0.1, 0.15) is 16.7 Å². The molecule has 0 aliphatic rings. The molecule has 4 rings (SSSR count). The van der Waals surface area contributed by atoms with Crippen molar-refractivity contribution in [1.82, 2.24) is 5.43 Å². The Labute approximate surface area is 242 Å². The van der Waals surface area contributed by atoms with Crippen molar-refractivity contribution in [1.29, 1.82) is 0 Å². The molecule has 0 atom stereocenters. The number of nitro benzene ring substituents is 1. The van der Waals surface area contributed by atoms with Crippen molar-refractivity contribution in [2.75, 3.05) is 10.8 Å². The topological polar surface area (TPSA) is 131 Å². The Balaban J connectivity index is 1.39. The average Bonchev–Trinajstić information content (AvgIpc) is 2.97. The van der Waals surface area contributed by atoms with Crippen molar-refractivity contribution in [2.45, 2.75) is 18.4 Å². The fourth-order valence-electron chi connectivity index (χ4n) is 3.65. The monoisotopic (exact) mass is 592 g/mol. The minimum atomic E-state index is -4.07. The van der Waals surface area contributed by atoms with Crippen molar-refractivity contribution in [3.8, 4) is 5.75 Å². The van der Waals surface area contributed by atoms with Crippen LogP contribution < -0.4 is 14.5 Å². The minimum absolute atomic E-state index is 0.00885. The lowest BCUT2D eigenvalue weighted by Gasteiger charge is -2.24. The molecule has 0 unspecified atom stereocenters. The number of carbonyl (C=O) groups is 1. The molecule has 0 aliphatic heterocycles. The van der Waals surface area contributed by atoms with Gasteiger partial charge in [-0.05, 0) is 84.3 Å². The van der Waals surface area contributed by atoms with Crippen LogP contribution in [0.15, 0.2) is 107 Å². The number of halogens is 1. The molecule has 0 bridgehead atoms. The minimum Gasteiger partial charge on any atom is -0.489 e. The zero-order valence-corrected chi connectivity index (χ0v) is 23.4. The summed E-state index contributed by atoms with van der Waals surface area (Å²) in [5, 5.41) is 15.1. The zero-order chi connectivity index (χ0) is 29.4. The van der Waals surface area contributed by atoms with Gasteiger partial charge in [-0.3, -0.25) is 19.2 Å².